The van der Waals surface area contributed by atoms with Crippen molar-refractivity contribution >= 4 is 11.9 Å². The Hall–Kier alpha value is -1.88. The summed E-state index contributed by atoms with van der Waals surface area (Å²) in [6, 6.07) is 0. The molecule has 0 fully saturated rings. The molecule has 0 N–H and O–H groups in total. The van der Waals surface area contributed by atoms with E-state index >= 15 is 0 Å². The number of hydrogen-bond donors (Lipinski definition) is 0. The van der Waals surface area contributed by atoms with Gasteiger partial charge < -0.3 is 14.2 Å². The highest BCUT2D eigenvalue weighted by atomic mass is 16.6. The Balaban J connectivity index is 4.22. The summed E-state index contributed by atoms with van der Waals surface area (Å²) >= 11 is 0. The first-order chi connectivity index (χ1) is 29.6. The van der Waals surface area contributed by atoms with Crippen LogP contribution >= 0.6 is 0 Å². The lowest BCUT2D eigenvalue weighted by Crippen LogP contribution is -2.30. The molecule has 0 aromatic rings. The van der Waals surface area contributed by atoms with Crippen LogP contribution in [0.25, 0.3) is 0 Å². The van der Waals surface area contributed by atoms with Gasteiger partial charge in [-0.15, -0.1) is 0 Å². The van der Waals surface area contributed by atoms with Crippen LogP contribution in [0, 0.1) is 0 Å². The second-order valence-corrected chi connectivity index (χ2v) is 17.8. The van der Waals surface area contributed by atoms with Gasteiger partial charge in [-0.25, -0.2) is 0 Å². The molecule has 0 rings (SSSR count). The summed E-state index contributed by atoms with van der Waals surface area (Å²) in [6.07, 6.45) is 61.4. The van der Waals surface area contributed by atoms with Crippen molar-refractivity contribution in [1.29, 1.82) is 0 Å². The summed E-state index contributed by atoms with van der Waals surface area (Å²) < 4.78 is 17.4. The van der Waals surface area contributed by atoms with E-state index in [4.69, 9.17) is 14.2 Å². The molecule has 60 heavy (non-hydrogen) atoms. The average molecular weight is 843 g/mol. The summed E-state index contributed by atoms with van der Waals surface area (Å²) in [6.45, 7) is 7.83. The van der Waals surface area contributed by atoms with Gasteiger partial charge in [0, 0.05) is 19.4 Å². The van der Waals surface area contributed by atoms with Crippen LogP contribution in [0.1, 0.15) is 278 Å². The van der Waals surface area contributed by atoms with Crippen LogP contribution in [-0.2, 0) is 23.8 Å². The molecule has 0 spiro atoms. The molecule has 0 aliphatic rings. The summed E-state index contributed by atoms with van der Waals surface area (Å²) in [5.74, 6) is -0.396. The van der Waals surface area contributed by atoms with Crippen molar-refractivity contribution in [2.75, 3.05) is 19.8 Å². The van der Waals surface area contributed by atoms with Crippen LogP contribution in [0.4, 0.5) is 0 Å². The number of ether oxygens (including phenoxy) is 3. The summed E-state index contributed by atoms with van der Waals surface area (Å²) in [4.78, 5) is 25.4. The Labute approximate surface area is 374 Å². The lowest BCUT2D eigenvalue weighted by molar-refractivity contribution is -0.163. The van der Waals surface area contributed by atoms with Crippen molar-refractivity contribution < 1.29 is 23.8 Å². The first-order valence-corrected chi connectivity index (χ1v) is 26.5. The van der Waals surface area contributed by atoms with Gasteiger partial charge in [0.15, 0.2) is 6.10 Å². The van der Waals surface area contributed by atoms with Gasteiger partial charge in [0.2, 0.25) is 0 Å². The molecule has 1 atom stereocenters. The standard InChI is InChI=1S/C55H102O5/c1-4-7-10-13-16-19-22-25-26-27-28-29-30-32-33-36-39-42-45-48-54(56)59-52-53(51-58-50-47-44-41-38-35-24-21-18-15-12-9-6-3)60-55(57)49-46-43-40-37-34-31-23-20-17-14-11-8-5-2/h16,19,25-26,28-29,53H,4-15,17-18,20-24,27,30-52H2,1-3H3/b19-16-,26-25-,29-28-. The van der Waals surface area contributed by atoms with Crippen molar-refractivity contribution in [1.82, 2.24) is 0 Å². The second kappa shape index (κ2) is 51.5. The highest BCUT2D eigenvalue weighted by Crippen LogP contribution is 2.15. The fourth-order valence-electron chi connectivity index (χ4n) is 7.69. The lowest BCUT2D eigenvalue weighted by Gasteiger charge is -2.18. The van der Waals surface area contributed by atoms with Gasteiger partial charge in [-0.05, 0) is 57.8 Å². The van der Waals surface area contributed by atoms with Crippen molar-refractivity contribution in [3.63, 3.8) is 0 Å². The monoisotopic (exact) mass is 843 g/mol. The fourth-order valence-corrected chi connectivity index (χ4v) is 7.69. The Morgan fingerprint density at radius 1 is 0.367 bits per heavy atom. The van der Waals surface area contributed by atoms with Crippen LogP contribution in [0.3, 0.4) is 0 Å². The van der Waals surface area contributed by atoms with E-state index in [1.165, 1.54) is 186 Å². The number of allylic oxidation sites excluding steroid dienone is 6. The van der Waals surface area contributed by atoms with Crippen LogP contribution < -0.4 is 0 Å². The van der Waals surface area contributed by atoms with E-state index in [9.17, 15) is 9.59 Å². The normalized spacial score (nSPS) is 12.4. The molecule has 5 nitrogen and oxygen atoms in total. The third-order valence-electron chi connectivity index (χ3n) is 11.7. The van der Waals surface area contributed by atoms with Crippen molar-refractivity contribution in [2.24, 2.45) is 0 Å². The molecule has 0 amide bonds. The summed E-state index contributed by atoms with van der Waals surface area (Å²) in [5.41, 5.74) is 0. The SMILES string of the molecule is CCCCC/C=C\C/C=C\C/C=C\CCCCCCCCC(=O)OCC(COCCCCCCCCCCCCCC)OC(=O)CCCCCCCCCCCCCCC. The zero-order valence-corrected chi connectivity index (χ0v) is 40.5. The van der Waals surface area contributed by atoms with E-state index in [0.717, 1.165) is 57.8 Å². The quantitative estimate of drug-likeness (QED) is 0.0347. The molecule has 0 heterocycles. The molecule has 0 bridgehead atoms. The lowest BCUT2D eigenvalue weighted by atomic mass is 10.0. The van der Waals surface area contributed by atoms with Crippen molar-refractivity contribution in [3.8, 4) is 0 Å². The van der Waals surface area contributed by atoms with Gasteiger partial charge in [0.1, 0.15) is 6.61 Å². The van der Waals surface area contributed by atoms with Crippen LogP contribution in [0.15, 0.2) is 36.5 Å². The second-order valence-electron chi connectivity index (χ2n) is 17.8. The van der Waals surface area contributed by atoms with Crippen molar-refractivity contribution in [3.05, 3.63) is 36.5 Å². The molecule has 352 valence electrons. The molecule has 0 aromatic carbocycles. The van der Waals surface area contributed by atoms with Crippen LogP contribution in [0.2, 0.25) is 0 Å². The van der Waals surface area contributed by atoms with E-state index in [-0.39, 0.29) is 18.5 Å². The van der Waals surface area contributed by atoms with Gasteiger partial charge in [-0.1, -0.05) is 243 Å². The molecule has 0 aromatic heterocycles. The number of rotatable bonds is 49. The molecule has 0 saturated carbocycles. The molecular weight excluding hydrogens is 741 g/mol. The first kappa shape index (κ1) is 58.1. The number of carbonyl (C=O) groups excluding carboxylic acids is 2. The molecule has 0 aliphatic heterocycles. The van der Waals surface area contributed by atoms with E-state index in [1.54, 1.807) is 0 Å². The topological polar surface area (TPSA) is 61.8 Å². The Morgan fingerprint density at radius 2 is 0.700 bits per heavy atom. The minimum Gasteiger partial charge on any atom is -0.462 e. The van der Waals surface area contributed by atoms with E-state index in [0.29, 0.717) is 26.1 Å². The Kier molecular flexibility index (Phi) is 49.9. The van der Waals surface area contributed by atoms with Gasteiger partial charge >= 0.3 is 11.9 Å². The predicted molar refractivity (Wildman–Crippen MR) is 261 cm³/mol. The van der Waals surface area contributed by atoms with Gasteiger partial charge in [-0.2, -0.15) is 0 Å². The highest BCUT2D eigenvalue weighted by molar-refractivity contribution is 5.70. The molecular formula is C55H102O5. The van der Waals surface area contributed by atoms with Crippen LogP contribution in [-0.4, -0.2) is 37.9 Å². The van der Waals surface area contributed by atoms with Crippen molar-refractivity contribution in [2.45, 2.75) is 284 Å². The molecule has 0 aliphatic carbocycles. The Bertz CT molecular complexity index is 955. The van der Waals surface area contributed by atoms with Gasteiger partial charge in [0.25, 0.3) is 0 Å². The maximum absolute atomic E-state index is 12.8. The van der Waals surface area contributed by atoms with E-state index in [2.05, 4.69) is 57.2 Å². The number of unbranched alkanes of at least 4 members (excludes halogenated alkanes) is 32. The third-order valence-corrected chi connectivity index (χ3v) is 11.7. The zero-order valence-electron chi connectivity index (χ0n) is 40.5. The Morgan fingerprint density at radius 3 is 1.15 bits per heavy atom. The summed E-state index contributed by atoms with van der Waals surface area (Å²) in [7, 11) is 0. The highest BCUT2D eigenvalue weighted by Gasteiger charge is 2.17. The summed E-state index contributed by atoms with van der Waals surface area (Å²) in [5, 5.41) is 0. The first-order valence-electron chi connectivity index (χ1n) is 26.5. The average Bonchev–Trinajstić information content (AvgIpc) is 3.25. The van der Waals surface area contributed by atoms with Crippen LogP contribution in [0.5, 0.6) is 0 Å². The number of esters is 2. The van der Waals surface area contributed by atoms with Gasteiger partial charge in [-0.3, -0.25) is 9.59 Å². The predicted octanol–water partition coefficient (Wildman–Crippen LogP) is 17.8. The molecule has 0 saturated heterocycles. The number of carbonyl (C=O) groups is 2. The zero-order chi connectivity index (χ0) is 43.5. The minimum absolute atomic E-state index is 0.0844. The minimum atomic E-state index is -0.534. The van der Waals surface area contributed by atoms with Gasteiger partial charge in [0.05, 0.1) is 6.61 Å². The molecule has 1 unspecified atom stereocenters. The smallest absolute Gasteiger partial charge is 0.306 e. The maximum Gasteiger partial charge on any atom is 0.306 e. The fraction of sp³-hybridized carbons (Fsp3) is 0.855. The molecule has 0 radical (unpaired) electrons. The largest absolute Gasteiger partial charge is 0.462 e. The maximum atomic E-state index is 12.8. The third kappa shape index (κ3) is 48.8. The van der Waals surface area contributed by atoms with E-state index in [1.807, 2.05) is 0 Å². The van der Waals surface area contributed by atoms with E-state index < -0.39 is 6.10 Å². The number of hydrogen-bond acceptors (Lipinski definition) is 5. The molecule has 5 heteroatoms.